The second-order valence-electron chi connectivity index (χ2n) is 22.3. The number of allylic oxidation sites excluding steroid dienone is 36. The van der Waals surface area contributed by atoms with Crippen LogP contribution in [0.2, 0.25) is 0 Å². The van der Waals surface area contributed by atoms with Crippen LogP contribution in [0.1, 0.15) is 245 Å². The number of nitrogens with two attached hydrogens (primary N) is 1. The third kappa shape index (κ3) is 73.3. The number of hydrogen-bond acceptors (Lipinski definition) is 8. The van der Waals surface area contributed by atoms with Crippen molar-refractivity contribution in [3.8, 4) is 0 Å². The first kappa shape index (κ1) is 85.3. The number of carbonyl (C=O) groups excluding carboxylic acids is 2. The van der Waals surface area contributed by atoms with Crippen LogP contribution in [-0.4, -0.2) is 49.3 Å². The number of esters is 2. The minimum absolute atomic E-state index is 0.0342. The maximum absolute atomic E-state index is 12.7. The van der Waals surface area contributed by atoms with E-state index < -0.39 is 32.5 Å². The van der Waals surface area contributed by atoms with Crippen molar-refractivity contribution in [3.05, 3.63) is 219 Å². The maximum atomic E-state index is 12.7. The standard InChI is InChI=1S/C81H126NO8P/c1-3-5-7-9-11-13-15-17-19-21-23-25-27-29-31-33-35-37-38-39-40-42-43-45-47-49-51-53-55-57-59-61-63-65-67-69-71-73-80(83)87-77-79(78-89-91(85,86)88-76-75-82)90-81(84)74-72-70-68-66-64-62-60-58-56-54-52-50-48-46-44-41-36-34-32-30-28-26-24-22-20-18-16-14-12-10-8-6-4-2/h5-8,11-14,17-20,23-26,29-32,35-37,39-41,43,45-46,48,52,54,58,60,64,66,79H,3-4,9-10,15-16,21-22,27-28,33-34,38,42,44,47,49-51,53,55-57,59,61-63,65,67-78,82H2,1-2H3,(H,85,86)/b7-5-,8-6-,13-11-,14-12-,19-17-,20-18-,25-23-,26-24-,31-29-,32-30-,37-35-,40-39-,41-36-,45-43-,48-46-,54-52-,60-58-,66-64-. The van der Waals surface area contributed by atoms with Gasteiger partial charge < -0.3 is 20.1 Å². The summed E-state index contributed by atoms with van der Waals surface area (Å²) in [5.41, 5.74) is 5.40. The Morgan fingerprint density at radius 2 is 0.571 bits per heavy atom. The zero-order valence-electron chi connectivity index (χ0n) is 57.0. The van der Waals surface area contributed by atoms with Gasteiger partial charge in [-0.15, -0.1) is 0 Å². The highest BCUT2D eigenvalue weighted by atomic mass is 31.2. The van der Waals surface area contributed by atoms with Crippen molar-refractivity contribution >= 4 is 19.8 Å². The van der Waals surface area contributed by atoms with Gasteiger partial charge in [-0.05, 0) is 154 Å². The smallest absolute Gasteiger partial charge is 0.462 e. The lowest BCUT2D eigenvalue weighted by Crippen LogP contribution is -2.29. The Bertz CT molecular complexity index is 2290. The number of hydrogen-bond donors (Lipinski definition) is 2. The van der Waals surface area contributed by atoms with Gasteiger partial charge in [-0.25, -0.2) is 4.57 Å². The number of unbranched alkanes of at least 4 members (excludes halogenated alkanes) is 14. The average molecular weight is 1270 g/mol. The van der Waals surface area contributed by atoms with E-state index in [-0.39, 0.29) is 32.6 Å². The first-order valence-corrected chi connectivity index (χ1v) is 36.7. The van der Waals surface area contributed by atoms with E-state index in [1.165, 1.54) is 51.4 Å². The van der Waals surface area contributed by atoms with Crippen molar-refractivity contribution in [3.63, 3.8) is 0 Å². The highest BCUT2D eigenvalue weighted by molar-refractivity contribution is 7.47. The monoisotopic (exact) mass is 1270 g/mol. The Labute approximate surface area is 556 Å². The predicted molar refractivity (Wildman–Crippen MR) is 394 cm³/mol. The molecule has 0 radical (unpaired) electrons. The molecule has 508 valence electrons. The molecule has 10 heteroatoms. The van der Waals surface area contributed by atoms with Gasteiger partial charge in [-0.2, -0.15) is 0 Å². The molecule has 0 aromatic heterocycles. The summed E-state index contributed by atoms with van der Waals surface area (Å²) < 4.78 is 33.1. The van der Waals surface area contributed by atoms with Crippen molar-refractivity contribution in [1.29, 1.82) is 0 Å². The van der Waals surface area contributed by atoms with E-state index in [4.69, 9.17) is 24.3 Å². The molecule has 2 atom stereocenters. The molecule has 0 aromatic carbocycles. The molecule has 9 nitrogen and oxygen atoms in total. The van der Waals surface area contributed by atoms with Gasteiger partial charge in [0.15, 0.2) is 6.10 Å². The van der Waals surface area contributed by atoms with Crippen LogP contribution < -0.4 is 5.73 Å². The van der Waals surface area contributed by atoms with Crippen LogP contribution in [0.3, 0.4) is 0 Å². The van der Waals surface area contributed by atoms with Gasteiger partial charge in [0.1, 0.15) is 6.61 Å². The van der Waals surface area contributed by atoms with Gasteiger partial charge in [0.05, 0.1) is 13.2 Å². The summed E-state index contributed by atoms with van der Waals surface area (Å²) in [6.45, 7) is 3.44. The van der Waals surface area contributed by atoms with Crippen molar-refractivity contribution in [2.75, 3.05) is 26.4 Å². The van der Waals surface area contributed by atoms with Gasteiger partial charge in [0.25, 0.3) is 0 Å². The molecule has 0 saturated carbocycles. The number of ether oxygens (including phenoxy) is 2. The SMILES string of the molecule is CC/C=C\C/C=C\C/C=C\C/C=C\C/C=C\C/C=C\C/C=C\C/C=C\C/C=C\C/C=C\CCCCC(=O)OC(COC(=O)CCCCCCCCCCCCCC/C=C\C/C=C\C/C=C\C/C=C\C/C=C\C/C=C\C/C=C\C/C=C\CC)COP(=O)(O)OCCN. The lowest BCUT2D eigenvalue weighted by molar-refractivity contribution is -0.161. The molecule has 0 saturated heterocycles. The van der Waals surface area contributed by atoms with Crippen molar-refractivity contribution < 1.29 is 37.6 Å². The fourth-order valence-corrected chi connectivity index (χ4v) is 9.50. The summed E-state index contributed by atoms with van der Waals surface area (Å²) in [4.78, 5) is 35.4. The second-order valence-corrected chi connectivity index (χ2v) is 23.7. The highest BCUT2D eigenvalue weighted by Crippen LogP contribution is 2.43. The summed E-state index contributed by atoms with van der Waals surface area (Å²) in [5, 5.41) is 0. The minimum atomic E-state index is -4.42. The van der Waals surface area contributed by atoms with Gasteiger partial charge >= 0.3 is 19.8 Å². The quantitative estimate of drug-likeness (QED) is 0.0264. The third-order valence-electron chi connectivity index (χ3n) is 13.9. The van der Waals surface area contributed by atoms with E-state index in [1.54, 1.807) is 0 Å². The Hall–Kier alpha value is -5.67. The molecule has 0 heterocycles. The van der Waals surface area contributed by atoms with E-state index in [9.17, 15) is 19.0 Å². The minimum Gasteiger partial charge on any atom is -0.462 e. The van der Waals surface area contributed by atoms with E-state index in [1.807, 2.05) is 0 Å². The predicted octanol–water partition coefficient (Wildman–Crippen LogP) is 23.6. The van der Waals surface area contributed by atoms with E-state index in [0.29, 0.717) is 12.8 Å². The molecule has 2 unspecified atom stereocenters. The van der Waals surface area contributed by atoms with E-state index >= 15 is 0 Å². The average Bonchev–Trinajstić information content (AvgIpc) is 3.74. The van der Waals surface area contributed by atoms with Gasteiger partial charge in [0, 0.05) is 19.4 Å². The Morgan fingerprint density at radius 3 is 0.868 bits per heavy atom. The first-order valence-electron chi connectivity index (χ1n) is 35.2. The number of phosphoric ester groups is 1. The van der Waals surface area contributed by atoms with Crippen LogP contribution >= 0.6 is 7.82 Å². The molecule has 0 aromatic rings. The molecular weight excluding hydrogens is 1150 g/mol. The van der Waals surface area contributed by atoms with Crippen LogP contribution in [0, 0.1) is 0 Å². The topological polar surface area (TPSA) is 134 Å². The Balaban J connectivity index is 4.05. The molecule has 0 fully saturated rings. The zero-order valence-corrected chi connectivity index (χ0v) is 57.9. The van der Waals surface area contributed by atoms with Crippen molar-refractivity contribution in [2.24, 2.45) is 5.73 Å². The van der Waals surface area contributed by atoms with Crippen molar-refractivity contribution in [1.82, 2.24) is 0 Å². The fraction of sp³-hybridized carbons (Fsp3) is 0.531. The zero-order chi connectivity index (χ0) is 65.8. The number of carbonyl (C=O) groups is 2. The Kier molecular flexibility index (Phi) is 68.8. The molecule has 0 aliphatic rings. The lowest BCUT2D eigenvalue weighted by Gasteiger charge is -2.19. The number of rotatable bonds is 63. The first-order chi connectivity index (χ1) is 44.8. The molecule has 0 aliphatic heterocycles. The molecule has 91 heavy (non-hydrogen) atoms. The van der Waals surface area contributed by atoms with Crippen LogP contribution in [0.4, 0.5) is 0 Å². The molecular formula is C81H126NO8P. The molecule has 0 rings (SSSR count). The molecule has 0 bridgehead atoms. The normalized spacial score (nSPS) is 14.3. The van der Waals surface area contributed by atoms with Gasteiger partial charge in [-0.1, -0.05) is 297 Å². The van der Waals surface area contributed by atoms with E-state index in [0.717, 1.165) is 154 Å². The second kappa shape index (κ2) is 73.4. The van der Waals surface area contributed by atoms with Gasteiger partial charge in [-0.3, -0.25) is 18.6 Å². The van der Waals surface area contributed by atoms with Crippen LogP contribution in [0.15, 0.2) is 219 Å². The van der Waals surface area contributed by atoms with Crippen LogP contribution in [0.25, 0.3) is 0 Å². The summed E-state index contributed by atoms with van der Waals surface area (Å²) in [6, 6.07) is 0. The molecule has 3 N–H and O–H groups in total. The summed E-state index contributed by atoms with van der Waals surface area (Å²) in [5.74, 6) is -0.897. The molecule has 0 amide bonds. The number of phosphoric acid groups is 1. The van der Waals surface area contributed by atoms with Gasteiger partial charge in [0.2, 0.25) is 0 Å². The summed E-state index contributed by atoms with van der Waals surface area (Å²) >= 11 is 0. The molecule has 0 spiro atoms. The summed E-state index contributed by atoms with van der Waals surface area (Å²) in [6.07, 6.45) is 114. The van der Waals surface area contributed by atoms with E-state index in [2.05, 4.69) is 233 Å². The maximum Gasteiger partial charge on any atom is 0.472 e. The largest absolute Gasteiger partial charge is 0.472 e. The Morgan fingerprint density at radius 1 is 0.330 bits per heavy atom. The van der Waals surface area contributed by atoms with Crippen LogP contribution in [0.5, 0.6) is 0 Å². The fourth-order valence-electron chi connectivity index (χ4n) is 8.74. The summed E-state index contributed by atoms with van der Waals surface area (Å²) in [7, 11) is -4.42. The third-order valence-corrected chi connectivity index (χ3v) is 14.8. The van der Waals surface area contributed by atoms with Crippen molar-refractivity contribution in [2.45, 2.75) is 251 Å². The highest BCUT2D eigenvalue weighted by Gasteiger charge is 2.26. The van der Waals surface area contributed by atoms with Crippen LogP contribution in [-0.2, 0) is 32.7 Å². The lowest BCUT2D eigenvalue weighted by atomic mass is 10.0. The molecule has 0 aliphatic carbocycles.